The standard InChI is InChI=1S/C20H28O3.C20H30O3.2C20H28O2.C20H30O2/c1-11(2)6-5-7-15-14-9-8-12(3)17-16(21)10-13(4)19(18(14)17)23-20(15)22;1-12(2)6-5-7-15(11-21)16-9-8-13(3)18-17(16)10-14(4)19(22)20(18)23;1-12(2)6-5-7-15-11-22-20-14(4)10-17(21)18-13(3)8-9-16(15)19(18)20;1-12(2)7-6-8-13(3)16-10-9-14(4)18-17(21)11-15(5)20(22)19(16)18;1-12(2)7-6-8-13(3)16-10-9-14(4)18-17(16)11-15(5)19(21)20(18)22/h6,10,12,14-15,20-22H,5,7-9H2,1-4H3;6,10,13,15-16,21-23H,5,7-9,11H2,1-4H3;6,10,13,15-16,21H,5,7-9,11H2,1-4H3;7,11,13-14,16H,6,8-10H2,1-5H3;7,11,13-14,16,21-22H,6,8-10H2,1-5H3/t12-,14+,15+,20?;2*13-,15-,16+;2*13-,14+,16-/m11100/s1. The quantitative estimate of drug-likeness (QED) is 0.0250. The second-order valence-corrected chi connectivity index (χ2v) is 36.7. The van der Waals surface area contributed by atoms with Crippen LogP contribution in [0.15, 0.2) is 105 Å². The van der Waals surface area contributed by atoms with Crippen molar-refractivity contribution in [1.82, 2.24) is 0 Å². The molecule has 0 bridgehead atoms. The molecule has 0 aromatic heterocycles. The van der Waals surface area contributed by atoms with Crippen LogP contribution in [0.3, 0.4) is 0 Å². The Bertz CT molecular complexity index is 4180. The molecule has 0 saturated heterocycles. The molecule has 1 unspecified atom stereocenters. The number of rotatable bonds is 19. The SMILES string of the molecule is CC(C)=CCC[C@@H]1C(O)Oc2c(C)cc(O)c3c2[C@H]1CC[C@H]3C.CC(C)=CCC[C@@H]1COc2c(C)cc(O)c3c2[C@H]1CC[C@H]3C.CC(C)=CCC[C@H](C)[C@@H]1CC[C@@H](C)C2=C1C(=O)C(C)=CC2=O.CC(C)=CCC[C@H](C)[C@@H]1CC[C@@H](C)c2c1cc(C)c(O)c2O.CC(C)=CCC[C@H](CO)[C@@H]1CC[C@@H](C)c2c1cc(C)c(O)c2O. The van der Waals surface area contributed by atoms with Crippen LogP contribution in [0.2, 0.25) is 0 Å². The van der Waals surface area contributed by atoms with Crippen molar-refractivity contribution in [2.75, 3.05) is 13.2 Å². The van der Waals surface area contributed by atoms with Gasteiger partial charge in [-0.3, -0.25) is 9.59 Å². The molecule has 112 heavy (non-hydrogen) atoms. The predicted molar refractivity (Wildman–Crippen MR) is 460 cm³/mol. The maximum absolute atomic E-state index is 12.7. The Labute approximate surface area is 674 Å². The number of phenolic OH excluding ortho intramolecular Hbond substituents is 6. The van der Waals surface area contributed by atoms with Crippen LogP contribution in [0.5, 0.6) is 46.0 Å². The van der Waals surface area contributed by atoms with E-state index in [0.717, 1.165) is 176 Å². The number of aliphatic hydroxyl groups is 2. The number of allylic oxidation sites excluding steroid dienone is 14. The molecule has 2 aliphatic heterocycles. The molecule has 16 atom stereocenters. The topological polar surface area (TPSA) is 214 Å². The van der Waals surface area contributed by atoms with Gasteiger partial charge >= 0.3 is 0 Å². The zero-order chi connectivity index (χ0) is 82.6. The molecule has 4 aromatic rings. The first kappa shape index (κ1) is 90.3. The minimum absolute atomic E-state index is 0.00124. The molecule has 0 amide bonds. The molecule has 12 nitrogen and oxygen atoms in total. The maximum atomic E-state index is 12.7. The normalized spacial score (nSPS) is 25.0. The Balaban J connectivity index is 0.000000176. The molecule has 8 N–H and O–H groups in total. The first-order chi connectivity index (χ1) is 52.9. The first-order valence-electron chi connectivity index (χ1n) is 43.0. The van der Waals surface area contributed by atoms with Crippen molar-refractivity contribution in [1.29, 1.82) is 0 Å². The number of benzene rings is 4. The lowest BCUT2D eigenvalue weighted by Gasteiger charge is -2.43. The van der Waals surface area contributed by atoms with Gasteiger partial charge in [0.05, 0.1) is 6.61 Å². The highest BCUT2D eigenvalue weighted by molar-refractivity contribution is 6.23. The van der Waals surface area contributed by atoms with E-state index < -0.39 is 6.29 Å². The molecule has 12 heteroatoms. The Morgan fingerprint density at radius 1 is 0.446 bits per heavy atom. The van der Waals surface area contributed by atoms with Gasteiger partial charge in [0.2, 0.25) is 6.29 Å². The summed E-state index contributed by atoms with van der Waals surface area (Å²) >= 11 is 0. The number of ketones is 2. The number of hydrogen-bond acceptors (Lipinski definition) is 12. The van der Waals surface area contributed by atoms with Crippen molar-refractivity contribution < 1.29 is 59.9 Å². The van der Waals surface area contributed by atoms with Crippen LogP contribution in [0, 0.1) is 69.1 Å². The lowest BCUT2D eigenvalue weighted by Crippen LogP contribution is -2.38. The van der Waals surface area contributed by atoms with Gasteiger partial charge in [-0.25, -0.2) is 0 Å². The van der Waals surface area contributed by atoms with Gasteiger partial charge in [-0.15, -0.1) is 0 Å². The minimum Gasteiger partial charge on any atom is -0.508 e. The number of phenols is 6. The van der Waals surface area contributed by atoms with E-state index in [9.17, 15) is 50.4 Å². The summed E-state index contributed by atoms with van der Waals surface area (Å²) in [4.78, 5) is 25.0. The second-order valence-electron chi connectivity index (χ2n) is 36.7. The zero-order valence-corrected chi connectivity index (χ0v) is 72.8. The zero-order valence-electron chi connectivity index (χ0n) is 72.8. The molecule has 0 spiro atoms. The third-order valence-corrected chi connectivity index (χ3v) is 26.4. The van der Waals surface area contributed by atoms with E-state index >= 15 is 0 Å². The van der Waals surface area contributed by atoms with Crippen molar-refractivity contribution in [2.24, 2.45) is 41.4 Å². The molecule has 0 fully saturated rings. The monoisotopic (exact) mass is 1540 g/mol. The van der Waals surface area contributed by atoms with Gasteiger partial charge in [-0.2, -0.15) is 0 Å². The maximum Gasteiger partial charge on any atom is 0.200 e. The molecule has 616 valence electrons. The number of fused-ring (bicyclic) bond motifs is 2. The van der Waals surface area contributed by atoms with Gasteiger partial charge in [0.1, 0.15) is 23.0 Å². The van der Waals surface area contributed by atoms with Gasteiger partial charge in [0, 0.05) is 68.5 Å². The second kappa shape index (κ2) is 40.3. The molecule has 2 heterocycles. The van der Waals surface area contributed by atoms with Crippen LogP contribution in [-0.2, 0) is 9.59 Å². The number of aryl methyl sites for hydroxylation is 4. The van der Waals surface area contributed by atoms with Crippen molar-refractivity contribution in [3.8, 4) is 46.0 Å². The van der Waals surface area contributed by atoms with Gasteiger partial charge in [-0.1, -0.05) is 119 Å². The minimum atomic E-state index is -0.748. The van der Waals surface area contributed by atoms with Crippen LogP contribution in [0.25, 0.3) is 0 Å². The van der Waals surface area contributed by atoms with Crippen LogP contribution in [0.1, 0.15) is 367 Å². The average molecular weight is 1540 g/mol. The van der Waals surface area contributed by atoms with Crippen LogP contribution in [0.4, 0.5) is 0 Å². The summed E-state index contributed by atoms with van der Waals surface area (Å²) in [7, 11) is 0. The fraction of sp³-hybridized carbons (Fsp3) is 0.600. The van der Waals surface area contributed by atoms with E-state index in [1.807, 2.05) is 32.9 Å². The van der Waals surface area contributed by atoms with Crippen molar-refractivity contribution in [3.63, 3.8) is 0 Å². The Morgan fingerprint density at radius 3 is 1.37 bits per heavy atom. The molecular weight excluding hydrogens is 1390 g/mol. The number of Topliss-reactive ketones (excluding diaryl/α,β-unsaturated/α-hetero) is 1. The molecule has 6 aliphatic carbocycles. The Morgan fingerprint density at radius 2 is 0.857 bits per heavy atom. The molecule has 0 saturated carbocycles. The van der Waals surface area contributed by atoms with Crippen molar-refractivity contribution >= 4 is 11.6 Å². The Hall–Kier alpha value is -7.28. The first-order valence-corrected chi connectivity index (χ1v) is 43.0. The summed E-state index contributed by atoms with van der Waals surface area (Å²) in [5, 5.41) is 82.2. The highest BCUT2D eigenvalue weighted by atomic mass is 16.6. The highest BCUT2D eigenvalue weighted by Crippen LogP contribution is 2.58. The summed E-state index contributed by atoms with van der Waals surface area (Å²) in [6.07, 6.45) is 33.5. The largest absolute Gasteiger partial charge is 0.508 e. The molecule has 12 rings (SSSR count). The van der Waals surface area contributed by atoms with Crippen LogP contribution in [-0.4, -0.2) is 71.9 Å². The number of aliphatic hydroxyl groups excluding tert-OH is 2. The van der Waals surface area contributed by atoms with E-state index in [0.29, 0.717) is 70.0 Å². The van der Waals surface area contributed by atoms with E-state index in [-0.39, 0.29) is 82.6 Å². The summed E-state index contributed by atoms with van der Waals surface area (Å²) in [6.45, 7) is 47.0. The molecule has 0 radical (unpaired) electrons. The van der Waals surface area contributed by atoms with Crippen molar-refractivity contribution in [3.05, 3.63) is 172 Å². The summed E-state index contributed by atoms with van der Waals surface area (Å²) in [5.41, 5.74) is 21.4. The number of aromatic hydroxyl groups is 6. The third kappa shape index (κ3) is 21.4. The van der Waals surface area contributed by atoms with Gasteiger partial charge < -0.3 is 50.3 Å². The average Bonchev–Trinajstić information content (AvgIpc) is 0.750. The van der Waals surface area contributed by atoms with E-state index in [1.165, 1.54) is 77.2 Å². The number of hydrogen-bond donors (Lipinski definition) is 8. The third-order valence-electron chi connectivity index (χ3n) is 26.4. The summed E-state index contributed by atoms with van der Waals surface area (Å²) < 4.78 is 12.0. The van der Waals surface area contributed by atoms with E-state index in [2.05, 4.69) is 161 Å². The fourth-order valence-corrected chi connectivity index (χ4v) is 20.1. The predicted octanol–water partition coefficient (Wildman–Crippen LogP) is 25.5. The van der Waals surface area contributed by atoms with Crippen LogP contribution < -0.4 is 9.47 Å². The highest BCUT2D eigenvalue weighted by Gasteiger charge is 2.45. The lowest BCUT2D eigenvalue weighted by atomic mass is 9.67. The Kier molecular flexibility index (Phi) is 32.5. The van der Waals surface area contributed by atoms with Gasteiger partial charge in [-0.05, 0) is 361 Å². The molecule has 8 aliphatic rings. The van der Waals surface area contributed by atoms with Gasteiger partial charge in [0.15, 0.2) is 34.6 Å². The molecular formula is C100H144O12. The van der Waals surface area contributed by atoms with Gasteiger partial charge in [0.25, 0.3) is 0 Å². The summed E-state index contributed by atoms with van der Waals surface area (Å²) in [5.74, 6) is 8.43. The van der Waals surface area contributed by atoms with Crippen molar-refractivity contribution in [2.45, 2.75) is 334 Å². The van der Waals surface area contributed by atoms with Crippen LogP contribution >= 0.6 is 0 Å². The number of carbonyl (C=O) groups excluding carboxylic acids is 2. The van der Waals surface area contributed by atoms with E-state index in [1.54, 1.807) is 13.0 Å². The molecule has 4 aromatic carbocycles. The smallest absolute Gasteiger partial charge is 0.200 e. The van der Waals surface area contributed by atoms with E-state index in [4.69, 9.17) is 9.47 Å². The number of ether oxygens (including phenoxy) is 2. The lowest BCUT2D eigenvalue weighted by molar-refractivity contribution is -0.117. The fourth-order valence-electron chi connectivity index (χ4n) is 20.1. The summed E-state index contributed by atoms with van der Waals surface area (Å²) in [6, 6.07) is 7.77. The number of carbonyl (C=O) groups is 2.